The van der Waals surface area contributed by atoms with Crippen molar-refractivity contribution in [2.75, 3.05) is 39.6 Å². The van der Waals surface area contributed by atoms with Crippen LogP contribution in [-0.4, -0.2) is 59.9 Å². The third kappa shape index (κ3) is 4.97. The van der Waals surface area contributed by atoms with Gasteiger partial charge in [0.1, 0.15) is 0 Å². The van der Waals surface area contributed by atoms with E-state index in [0.29, 0.717) is 24.8 Å². The molecule has 0 fully saturated rings. The van der Waals surface area contributed by atoms with Gasteiger partial charge in [-0.3, -0.25) is 0 Å². The molecule has 0 bridgehead atoms. The maximum atomic E-state index is 10.1. The van der Waals surface area contributed by atoms with Crippen LogP contribution < -0.4 is 10.1 Å². The summed E-state index contributed by atoms with van der Waals surface area (Å²) in [6.07, 6.45) is 3.16. The van der Waals surface area contributed by atoms with E-state index in [1.54, 1.807) is 26.4 Å². The first-order valence-electron chi connectivity index (χ1n) is 5.40. The molecule has 0 aliphatic heterocycles. The Morgan fingerprint density at radius 3 is 2.47 bits per heavy atom. The molecule has 1 heterocycles. The SMILES string of the molecule is COc1cnc(NCC(C)(O)CN(C)C)nc1. The first-order valence-corrected chi connectivity index (χ1v) is 5.40. The highest BCUT2D eigenvalue weighted by atomic mass is 16.5. The first kappa shape index (κ1) is 13.7. The first-order chi connectivity index (χ1) is 7.93. The van der Waals surface area contributed by atoms with Crippen LogP contribution in [0.25, 0.3) is 0 Å². The summed E-state index contributed by atoms with van der Waals surface area (Å²) in [5.74, 6) is 1.08. The van der Waals surface area contributed by atoms with Gasteiger partial charge in [-0.1, -0.05) is 0 Å². The summed E-state index contributed by atoms with van der Waals surface area (Å²) in [7, 11) is 5.39. The van der Waals surface area contributed by atoms with Crippen molar-refractivity contribution in [2.24, 2.45) is 0 Å². The van der Waals surface area contributed by atoms with Gasteiger partial charge >= 0.3 is 0 Å². The molecule has 0 aliphatic rings. The van der Waals surface area contributed by atoms with Crippen LogP contribution in [-0.2, 0) is 0 Å². The molecule has 2 N–H and O–H groups in total. The molecule has 1 atom stereocenters. The molecule has 0 saturated heterocycles. The zero-order valence-electron chi connectivity index (χ0n) is 10.8. The monoisotopic (exact) mass is 240 g/mol. The molecule has 0 spiro atoms. The van der Waals surface area contributed by atoms with Crippen LogP contribution in [0.5, 0.6) is 5.75 Å². The number of aliphatic hydroxyl groups is 1. The maximum Gasteiger partial charge on any atom is 0.222 e. The quantitative estimate of drug-likeness (QED) is 0.740. The molecule has 6 nitrogen and oxygen atoms in total. The van der Waals surface area contributed by atoms with Gasteiger partial charge in [0.15, 0.2) is 5.75 Å². The molecule has 0 amide bonds. The summed E-state index contributed by atoms with van der Waals surface area (Å²) >= 11 is 0. The number of methoxy groups -OCH3 is 1. The topological polar surface area (TPSA) is 70.5 Å². The molecule has 17 heavy (non-hydrogen) atoms. The number of rotatable bonds is 6. The highest BCUT2D eigenvalue weighted by Gasteiger charge is 2.21. The summed E-state index contributed by atoms with van der Waals surface area (Å²) in [6.45, 7) is 2.72. The number of hydrogen-bond acceptors (Lipinski definition) is 6. The highest BCUT2D eigenvalue weighted by Crippen LogP contribution is 2.09. The number of likely N-dealkylation sites (N-methyl/N-ethyl adjacent to an activating group) is 1. The van der Waals surface area contributed by atoms with Crippen molar-refractivity contribution in [3.05, 3.63) is 12.4 Å². The van der Waals surface area contributed by atoms with E-state index in [2.05, 4.69) is 15.3 Å². The smallest absolute Gasteiger partial charge is 0.222 e. The van der Waals surface area contributed by atoms with Crippen molar-refractivity contribution in [3.63, 3.8) is 0 Å². The average Bonchev–Trinajstić information content (AvgIpc) is 2.25. The van der Waals surface area contributed by atoms with E-state index < -0.39 is 5.60 Å². The zero-order chi connectivity index (χ0) is 12.9. The van der Waals surface area contributed by atoms with Crippen molar-refractivity contribution in [2.45, 2.75) is 12.5 Å². The Morgan fingerprint density at radius 2 is 2.00 bits per heavy atom. The maximum absolute atomic E-state index is 10.1. The lowest BCUT2D eigenvalue weighted by molar-refractivity contribution is 0.0458. The van der Waals surface area contributed by atoms with E-state index in [9.17, 15) is 5.11 Å². The Kier molecular flexibility index (Phi) is 4.65. The molecular formula is C11H20N4O2. The average molecular weight is 240 g/mol. The number of ether oxygens (including phenoxy) is 1. The largest absolute Gasteiger partial charge is 0.494 e. The minimum absolute atomic E-state index is 0.386. The third-order valence-corrected chi connectivity index (χ3v) is 2.15. The number of aromatic nitrogens is 2. The number of hydrogen-bond donors (Lipinski definition) is 2. The predicted molar refractivity (Wildman–Crippen MR) is 66.3 cm³/mol. The minimum atomic E-state index is -0.827. The molecule has 0 aliphatic carbocycles. The van der Waals surface area contributed by atoms with Crippen molar-refractivity contribution in [1.29, 1.82) is 0 Å². The van der Waals surface area contributed by atoms with Gasteiger partial charge in [0.25, 0.3) is 0 Å². The molecular weight excluding hydrogens is 220 g/mol. The van der Waals surface area contributed by atoms with Crippen LogP contribution in [0.4, 0.5) is 5.95 Å². The van der Waals surface area contributed by atoms with Crippen LogP contribution in [0.3, 0.4) is 0 Å². The summed E-state index contributed by atoms with van der Waals surface area (Å²) in [6, 6.07) is 0. The summed E-state index contributed by atoms with van der Waals surface area (Å²) in [5.41, 5.74) is -0.827. The highest BCUT2D eigenvalue weighted by molar-refractivity contribution is 5.27. The second-order valence-electron chi connectivity index (χ2n) is 4.53. The van der Waals surface area contributed by atoms with Gasteiger partial charge in [0.2, 0.25) is 5.95 Å². The van der Waals surface area contributed by atoms with Crippen molar-refractivity contribution < 1.29 is 9.84 Å². The van der Waals surface area contributed by atoms with Gasteiger partial charge in [-0.2, -0.15) is 0 Å². The number of anilines is 1. The Bertz CT molecular complexity index is 338. The van der Waals surface area contributed by atoms with Gasteiger partial charge < -0.3 is 20.1 Å². The Hall–Kier alpha value is -1.40. The van der Waals surface area contributed by atoms with Gasteiger partial charge in [-0.15, -0.1) is 0 Å². The Morgan fingerprint density at radius 1 is 1.41 bits per heavy atom. The van der Waals surface area contributed by atoms with E-state index in [-0.39, 0.29) is 0 Å². The fourth-order valence-electron chi connectivity index (χ4n) is 1.52. The molecule has 6 heteroatoms. The van der Waals surface area contributed by atoms with Gasteiger partial charge in [0, 0.05) is 13.1 Å². The Balaban J connectivity index is 2.48. The van der Waals surface area contributed by atoms with Crippen molar-refractivity contribution >= 4 is 5.95 Å². The van der Waals surface area contributed by atoms with Crippen LogP contribution in [0, 0.1) is 0 Å². The standard InChI is InChI=1S/C11H20N4O2/c1-11(16,8-15(2)3)7-14-10-12-5-9(17-4)6-13-10/h5-6,16H,7-8H2,1-4H3,(H,12,13,14). The second-order valence-corrected chi connectivity index (χ2v) is 4.53. The van der Waals surface area contributed by atoms with E-state index in [1.165, 1.54) is 0 Å². The van der Waals surface area contributed by atoms with E-state index >= 15 is 0 Å². The van der Waals surface area contributed by atoms with Crippen LogP contribution in [0.15, 0.2) is 12.4 Å². The summed E-state index contributed by atoms with van der Waals surface area (Å²) in [5, 5.41) is 13.0. The molecule has 0 aromatic carbocycles. The zero-order valence-corrected chi connectivity index (χ0v) is 10.8. The van der Waals surface area contributed by atoms with Gasteiger partial charge in [0.05, 0.1) is 25.1 Å². The lowest BCUT2D eigenvalue weighted by atomic mass is 10.1. The number of nitrogens with zero attached hydrogens (tertiary/aromatic N) is 3. The lowest BCUT2D eigenvalue weighted by Gasteiger charge is -2.26. The van der Waals surface area contributed by atoms with E-state index in [1.807, 2.05) is 19.0 Å². The van der Waals surface area contributed by atoms with Crippen molar-refractivity contribution in [3.8, 4) is 5.75 Å². The van der Waals surface area contributed by atoms with Crippen molar-refractivity contribution in [1.82, 2.24) is 14.9 Å². The molecule has 96 valence electrons. The van der Waals surface area contributed by atoms with E-state index in [0.717, 1.165) is 0 Å². The third-order valence-electron chi connectivity index (χ3n) is 2.15. The molecule has 0 radical (unpaired) electrons. The van der Waals surface area contributed by atoms with Gasteiger partial charge in [-0.25, -0.2) is 9.97 Å². The predicted octanol–water partition coefficient (Wildman–Crippen LogP) is 0.210. The van der Waals surface area contributed by atoms with E-state index in [4.69, 9.17) is 4.74 Å². The summed E-state index contributed by atoms with van der Waals surface area (Å²) < 4.78 is 4.96. The Labute approximate surface area is 102 Å². The van der Waals surface area contributed by atoms with Crippen LogP contribution in [0.2, 0.25) is 0 Å². The lowest BCUT2D eigenvalue weighted by Crippen LogP contribution is -2.43. The second kappa shape index (κ2) is 5.79. The molecule has 1 aromatic rings. The minimum Gasteiger partial charge on any atom is -0.494 e. The number of nitrogens with one attached hydrogen (secondary N) is 1. The molecule has 1 aromatic heterocycles. The molecule has 1 unspecified atom stereocenters. The van der Waals surface area contributed by atoms with Crippen LogP contribution in [0.1, 0.15) is 6.92 Å². The molecule has 0 saturated carbocycles. The fourth-order valence-corrected chi connectivity index (χ4v) is 1.52. The van der Waals surface area contributed by atoms with Gasteiger partial charge in [-0.05, 0) is 21.0 Å². The normalized spacial score (nSPS) is 14.5. The molecule has 1 rings (SSSR count). The summed E-state index contributed by atoms with van der Waals surface area (Å²) in [4.78, 5) is 10.0. The fraction of sp³-hybridized carbons (Fsp3) is 0.636. The van der Waals surface area contributed by atoms with Crippen LogP contribution >= 0.6 is 0 Å².